The Morgan fingerprint density at radius 1 is 1.50 bits per heavy atom. The van der Waals surface area contributed by atoms with Crippen molar-refractivity contribution < 1.29 is 18.3 Å². The SMILES string of the molecule is O=C(O)c1ccc(Cl)c(S(=O)(=O)NCC2CCSC2)c1. The van der Waals surface area contributed by atoms with E-state index in [1.165, 1.54) is 12.1 Å². The van der Waals surface area contributed by atoms with Crippen LogP contribution in [-0.2, 0) is 10.0 Å². The van der Waals surface area contributed by atoms with Crippen LogP contribution in [0.3, 0.4) is 0 Å². The number of carboxylic acid groups (broad SMARTS) is 1. The van der Waals surface area contributed by atoms with E-state index >= 15 is 0 Å². The monoisotopic (exact) mass is 335 g/mol. The first-order valence-corrected chi connectivity index (χ1v) is 9.02. The van der Waals surface area contributed by atoms with Gasteiger partial charge < -0.3 is 5.11 Å². The Kier molecular flexibility index (Phi) is 4.95. The highest BCUT2D eigenvalue weighted by Crippen LogP contribution is 2.25. The molecule has 20 heavy (non-hydrogen) atoms. The molecular weight excluding hydrogens is 322 g/mol. The van der Waals surface area contributed by atoms with Crippen molar-refractivity contribution in [2.75, 3.05) is 18.1 Å². The number of thioether (sulfide) groups is 1. The van der Waals surface area contributed by atoms with E-state index < -0.39 is 16.0 Å². The summed E-state index contributed by atoms with van der Waals surface area (Å²) in [5.74, 6) is 1.11. The fourth-order valence-corrected chi connectivity index (χ4v) is 4.82. The summed E-state index contributed by atoms with van der Waals surface area (Å²) in [6, 6.07) is 3.64. The predicted molar refractivity (Wildman–Crippen MR) is 79.0 cm³/mol. The average Bonchev–Trinajstić information content (AvgIpc) is 2.89. The number of hydrogen-bond donors (Lipinski definition) is 2. The van der Waals surface area contributed by atoms with Gasteiger partial charge in [-0.2, -0.15) is 11.8 Å². The van der Waals surface area contributed by atoms with Gasteiger partial charge in [-0.15, -0.1) is 0 Å². The Hall–Kier alpha value is -0.760. The highest BCUT2D eigenvalue weighted by molar-refractivity contribution is 7.99. The quantitative estimate of drug-likeness (QED) is 0.860. The first-order chi connectivity index (χ1) is 9.40. The molecule has 0 amide bonds. The maximum atomic E-state index is 12.2. The minimum Gasteiger partial charge on any atom is -0.478 e. The van der Waals surface area contributed by atoms with Crippen LogP contribution in [0, 0.1) is 5.92 Å². The van der Waals surface area contributed by atoms with Gasteiger partial charge in [0.2, 0.25) is 10.0 Å². The molecule has 0 spiro atoms. The Bertz CT molecular complexity index is 612. The van der Waals surface area contributed by atoms with Crippen LogP contribution in [0.25, 0.3) is 0 Å². The summed E-state index contributed by atoms with van der Waals surface area (Å²) in [5.41, 5.74) is -0.105. The predicted octanol–water partition coefficient (Wildman–Crippen LogP) is 2.07. The normalized spacial score (nSPS) is 19.1. The van der Waals surface area contributed by atoms with Crippen LogP contribution < -0.4 is 4.72 Å². The summed E-state index contributed by atoms with van der Waals surface area (Å²) in [7, 11) is -3.79. The van der Waals surface area contributed by atoms with Crippen LogP contribution in [0.1, 0.15) is 16.8 Å². The molecule has 2 rings (SSSR count). The smallest absolute Gasteiger partial charge is 0.335 e. The third-order valence-corrected chi connectivity index (χ3v) is 6.19. The van der Waals surface area contributed by atoms with Gasteiger partial charge in [0, 0.05) is 6.54 Å². The summed E-state index contributed by atoms with van der Waals surface area (Å²) in [6.07, 6.45) is 0.982. The van der Waals surface area contributed by atoms with Crippen molar-refractivity contribution in [3.05, 3.63) is 28.8 Å². The van der Waals surface area contributed by atoms with Crippen LogP contribution in [0.2, 0.25) is 5.02 Å². The Morgan fingerprint density at radius 3 is 2.85 bits per heavy atom. The summed E-state index contributed by atoms with van der Waals surface area (Å²) in [5, 5.41) is 8.92. The van der Waals surface area contributed by atoms with Crippen LogP contribution in [0.15, 0.2) is 23.1 Å². The lowest BCUT2D eigenvalue weighted by atomic mass is 10.1. The summed E-state index contributed by atoms with van der Waals surface area (Å²) in [6.45, 7) is 0.350. The van der Waals surface area contributed by atoms with Crippen LogP contribution in [-0.4, -0.2) is 37.5 Å². The highest BCUT2D eigenvalue weighted by Gasteiger charge is 2.23. The lowest BCUT2D eigenvalue weighted by molar-refractivity contribution is 0.0696. The molecule has 1 heterocycles. The number of sulfonamides is 1. The second kappa shape index (κ2) is 6.34. The third kappa shape index (κ3) is 3.66. The molecule has 0 bridgehead atoms. The largest absolute Gasteiger partial charge is 0.478 e. The molecule has 2 N–H and O–H groups in total. The maximum Gasteiger partial charge on any atom is 0.335 e. The van der Waals surface area contributed by atoms with Crippen molar-refractivity contribution in [1.29, 1.82) is 0 Å². The second-order valence-corrected chi connectivity index (χ2v) is 7.82. The minimum absolute atomic E-state index is 0.0169. The first kappa shape index (κ1) is 15.6. The second-order valence-electron chi connectivity index (χ2n) is 4.53. The number of halogens is 1. The van der Waals surface area contributed by atoms with Gasteiger partial charge in [0.15, 0.2) is 0 Å². The number of nitrogens with one attached hydrogen (secondary N) is 1. The van der Waals surface area contributed by atoms with E-state index in [-0.39, 0.29) is 15.5 Å². The van der Waals surface area contributed by atoms with Crippen molar-refractivity contribution in [3.8, 4) is 0 Å². The summed E-state index contributed by atoms with van der Waals surface area (Å²) in [4.78, 5) is 10.7. The van der Waals surface area contributed by atoms with Crippen molar-refractivity contribution in [2.24, 2.45) is 5.92 Å². The Morgan fingerprint density at radius 2 is 2.25 bits per heavy atom. The number of rotatable bonds is 5. The molecule has 5 nitrogen and oxygen atoms in total. The van der Waals surface area contributed by atoms with Crippen LogP contribution in [0.4, 0.5) is 0 Å². The Balaban J connectivity index is 2.19. The minimum atomic E-state index is -3.79. The van der Waals surface area contributed by atoms with Gasteiger partial charge in [-0.05, 0) is 42.0 Å². The molecular formula is C12H14ClNO4S2. The molecule has 1 atom stereocenters. The van der Waals surface area contributed by atoms with E-state index in [1.807, 2.05) is 0 Å². The standard InChI is InChI=1S/C12H14ClNO4S2/c13-10-2-1-9(12(15)16)5-11(10)20(17,18)14-6-8-3-4-19-7-8/h1-2,5,8,14H,3-4,6-7H2,(H,15,16). The number of hydrogen-bond acceptors (Lipinski definition) is 4. The molecule has 1 aliphatic heterocycles. The number of aromatic carboxylic acids is 1. The molecule has 1 aromatic carbocycles. The average molecular weight is 336 g/mol. The number of benzene rings is 1. The lowest BCUT2D eigenvalue weighted by Gasteiger charge is -2.12. The first-order valence-electron chi connectivity index (χ1n) is 6.00. The van der Waals surface area contributed by atoms with E-state index in [9.17, 15) is 13.2 Å². The molecule has 1 fully saturated rings. The molecule has 8 heteroatoms. The molecule has 1 saturated heterocycles. The summed E-state index contributed by atoms with van der Waals surface area (Å²) >= 11 is 7.66. The van der Waals surface area contributed by atoms with Crippen molar-refractivity contribution in [3.63, 3.8) is 0 Å². The third-order valence-electron chi connectivity index (χ3n) is 3.05. The zero-order chi connectivity index (χ0) is 14.8. The molecule has 1 unspecified atom stereocenters. The zero-order valence-corrected chi connectivity index (χ0v) is 12.9. The molecule has 0 aliphatic carbocycles. The fourth-order valence-electron chi connectivity index (χ4n) is 1.89. The Labute approximate surface area is 126 Å². The molecule has 0 saturated carbocycles. The van der Waals surface area contributed by atoms with Crippen molar-refractivity contribution in [1.82, 2.24) is 4.72 Å². The van der Waals surface area contributed by atoms with Gasteiger partial charge in [0.05, 0.1) is 10.6 Å². The van der Waals surface area contributed by atoms with Crippen LogP contribution in [0.5, 0.6) is 0 Å². The van der Waals surface area contributed by atoms with E-state index in [0.29, 0.717) is 12.5 Å². The molecule has 1 aromatic rings. The number of carbonyl (C=O) groups is 1. The fraction of sp³-hybridized carbons (Fsp3) is 0.417. The van der Waals surface area contributed by atoms with Gasteiger partial charge >= 0.3 is 5.97 Å². The molecule has 110 valence electrons. The van der Waals surface area contributed by atoms with Gasteiger partial charge in [-0.3, -0.25) is 0 Å². The van der Waals surface area contributed by atoms with Gasteiger partial charge in [-0.1, -0.05) is 11.6 Å². The molecule has 0 aromatic heterocycles. The van der Waals surface area contributed by atoms with Crippen molar-refractivity contribution >= 4 is 39.4 Å². The number of carboxylic acids is 1. The topological polar surface area (TPSA) is 83.5 Å². The van der Waals surface area contributed by atoms with Gasteiger partial charge in [0.25, 0.3) is 0 Å². The zero-order valence-electron chi connectivity index (χ0n) is 10.5. The van der Waals surface area contributed by atoms with E-state index in [1.54, 1.807) is 11.8 Å². The summed E-state index contributed by atoms with van der Waals surface area (Å²) < 4.78 is 26.9. The van der Waals surface area contributed by atoms with Gasteiger partial charge in [0.1, 0.15) is 4.90 Å². The lowest BCUT2D eigenvalue weighted by Crippen LogP contribution is -2.29. The molecule has 1 aliphatic rings. The molecule has 0 radical (unpaired) electrons. The highest BCUT2D eigenvalue weighted by atomic mass is 35.5. The van der Waals surface area contributed by atoms with Gasteiger partial charge in [-0.25, -0.2) is 17.9 Å². The maximum absolute atomic E-state index is 12.2. The van der Waals surface area contributed by atoms with Crippen LogP contribution >= 0.6 is 23.4 Å². The van der Waals surface area contributed by atoms with E-state index in [0.717, 1.165) is 24.0 Å². The van der Waals surface area contributed by atoms with E-state index in [2.05, 4.69) is 4.72 Å². The van der Waals surface area contributed by atoms with E-state index in [4.69, 9.17) is 16.7 Å². The van der Waals surface area contributed by atoms with Crippen molar-refractivity contribution in [2.45, 2.75) is 11.3 Å².